The van der Waals surface area contributed by atoms with Crippen molar-refractivity contribution in [3.63, 3.8) is 0 Å². The van der Waals surface area contributed by atoms with E-state index < -0.39 is 0 Å². The first-order valence-corrected chi connectivity index (χ1v) is 6.33. The number of allylic oxidation sites excluding steroid dienone is 1. The number of rotatable bonds is 4. The summed E-state index contributed by atoms with van der Waals surface area (Å²) in [6.07, 6.45) is 3.06. The van der Waals surface area contributed by atoms with Crippen molar-refractivity contribution in [1.82, 2.24) is 0 Å². The maximum absolute atomic E-state index is 12.0. The van der Waals surface area contributed by atoms with Crippen LogP contribution in [0.25, 0.3) is 6.08 Å². The van der Waals surface area contributed by atoms with E-state index in [4.69, 9.17) is 16.3 Å². The Morgan fingerprint density at radius 2 is 1.90 bits per heavy atom. The van der Waals surface area contributed by atoms with Gasteiger partial charge in [-0.05, 0) is 42.0 Å². The van der Waals surface area contributed by atoms with E-state index in [1.165, 1.54) is 24.3 Å². The van der Waals surface area contributed by atoms with Gasteiger partial charge >= 0.3 is 0 Å². The molecule has 0 aliphatic rings. The summed E-state index contributed by atoms with van der Waals surface area (Å²) in [4.78, 5) is 12.0. The number of carbonyl (C=O) groups excluding carboxylic acids is 1. The predicted octanol–water partition coefficient (Wildman–Crippen LogP) is 3.95. The van der Waals surface area contributed by atoms with E-state index in [1.54, 1.807) is 25.3 Å². The summed E-state index contributed by atoms with van der Waals surface area (Å²) in [5.41, 5.74) is 1.04. The van der Waals surface area contributed by atoms with Crippen LogP contribution in [-0.4, -0.2) is 18.0 Å². The molecule has 3 nitrogen and oxygen atoms in total. The number of halogens is 1. The van der Waals surface area contributed by atoms with Crippen LogP contribution in [0.15, 0.2) is 48.5 Å². The summed E-state index contributed by atoms with van der Waals surface area (Å²) >= 11 is 5.81. The molecule has 0 atom stereocenters. The van der Waals surface area contributed by atoms with Crippen molar-refractivity contribution in [3.8, 4) is 11.5 Å². The van der Waals surface area contributed by atoms with Crippen LogP contribution in [0.1, 0.15) is 15.9 Å². The fourth-order valence-corrected chi connectivity index (χ4v) is 1.85. The van der Waals surface area contributed by atoms with E-state index >= 15 is 0 Å². The van der Waals surface area contributed by atoms with E-state index in [0.29, 0.717) is 5.02 Å². The van der Waals surface area contributed by atoms with Gasteiger partial charge in [0, 0.05) is 5.02 Å². The van der Waals surface area contributed by atoms with Gasteiger partial charge in [0.05, 0.1) is 12.7 Å². The molecular weight excluding hydrogens is 276 g/mol. The van der Waals surface area contributed by atoms with Crippen molar-refractivity contribution in [2.75, 3.05) is 7.11 Å². The molecular formula is C16H13ClO3. The molecule has 102 valence electrons. The van der Waals surface area contributed by atoms with Crippen molar-refractivity contribution in [2.45, 2.75) is 0 Å². The number of hydrogen-bond donors (Lipinski definition) is 1. The molecule has 0 heterocycles. The van der Waals surface area contributed by atoms with Crippen LogP contribution < -0.4 is 4.74 Å². The zero-order valence-corrected chi connectivity index (χ0v) is 11.6. The lowest BCUT2D eigenvalue weighted by Gasteiger charge is -2.01. The molecule has 2 aromatic rings. The molecule has 0 saturated heterocycles. The number of hydrogen-bond acceptors (Lipinski definition) is 3. The van der Waals surface area contributed by atoms with Gasteiger partial charge in [-0.1, -0.05) is 29.8 Å². The van der Waals surface area contributed by atoms with Crippen molar-refractivity contribution in [3.05, 3.63) is 64.7 Å². The molecule has 0 radical (unpaired) electrons. The Hall–Kier alpha value is -2.26. The molecule has 0 bridgehead atoms. The number of benzene rings is 2. The largest absolute Gasteiger partial charge is 0.507 e. The third kappa shape index (κ3) is 3.39. The normalized spacial score (nSPS) is 10.7. The summed E-state index contributed by atoms with van der Waals surface area (Å²) in [7, 11) is 1.59. The summed E-state index contributed by atoms with van der Waals surface area (Å²) in [5.74, 6) is 0.362. The molecule has 0 aromatic heterocycles. The van der Waals surface area contributed by atoms with Gasteiger partial charge in [-0.2, -0.15) is 0 Å². The first-order valence-electron chi connectivity index (χ1n) is 5.95. The van der Waals surface area contributed by atoms with E-state index in [-0.39, 0.29) is 17.1 Å². The Labute approximate surface area is 122 Å². The van der Waals surface area contributed by atoms with E-state index in [9.17, 15) is 9.90 Å². The van der Waals surface area contributed by atoms with Gasteiger partial charge in [-0.3, -0.25) is 4.79 Å². The topological polar surface area (TPSA) is 46.5 Å². The number of ether oxygens (including phenoxy) is 1. The van der Waals surface area contributed by atoms with E-state index in [2.05, 4.69) is 0 Å². The number of phenols is 1. The summed E-state index contributed by atoms with van der Waals surface area (Å²) in [6, 6.07) is 11.7. The lowest BCUT2D eigenvalue weighted by Crippen LogP contribution is -1.94. The zero-order valence-electron chi connectivity index (χ0n) is 10.8. The number of methoxy groups -OCH3 is 1. The third-order valence-electron chi connectivity index (χ3n) is 2.77. The summed E-state index contributed by atoms with van der Waals surface area (Å²) in [5, 5.41) is 10.0. The minimum absolute atomic E-state index is 0.0845. The van der Waals surface area contributed by atoms with Crippen LogP contribution in [-0.2, 0) is 0 Å². The fraction of sp³-hybridized carbons (Fsp3) is 0.0625. The molecule has 4 heteroatoms. The second-order valence-corrected chi connectivity index (χ2v) is 4.57. The van der Waals surface area contributed by atoms with Crippen LogP contribution in [0.2, 0.25) is 5.02 Å². The van der Waals surface area contributed by atoms with Crippen molar-refractivity contribution >= 4 is 23.5 Å². The molecule has 0 unspecified atom stereocenters. The molecule has 0 spiro atoms. The molecule has 2 aromatic carbocycles. The van der Waals surface area contributed by atoms with Crippen molar-refractivity contribution < 1.29 is 14.6 Å². The molecule has 0 amide bonds. The van der Waals surface area contributed by atoms with Gasteiger partial charge in [-0.25, -0.2) is 0 Å². The Bertz CT molecular complexity index is 645. The number of ketones is 1. The highest BCUT2D eigenvalue weighted by molar-refractivity contribution is 6.31. The Balaban J connectivity index is 2.17. The molecule has 0 saturated carbocycles. The molecule has 0 aliphatic carbocycles. The third-order valence-corrected chi connectivity index (χ3v) is 3.00. The van der Waals surface area contributed by atoms with E-state index in [1.807, 2.05) is 12.1 Å². The monoisotopic (exact) mass is 288 g/mol. The van der Waals surface area contributed by atoms with Crippen LogP contribution in [0.4, 0.5) is 0 Å². The average molecular weight is 289 g/mol. The average Bonchev–Trinajstić information content (AvgIpc) is 2.47. The molecule has 0 aliphatic heterocycles. The lowest BCUT2D eigenvalue weighted by atomic mass is 10.1. The summed E-state index contributed by atoms with van der Waals surface area (Å²) < 4.78 is 5.05. The minimum atomic E-state index is -0.305. The molecule has 20 heavy (non-hydrogen) atoms. The van der Waals surface area contributed by atoms with Gasteiger partial charge in [0.15, 0.2) is 5.78 Å². The Kier molecular flexibility index (Phi) is 4.43. The Morgan fingerprint density at radius 1 is 1.20 bits per heavy atom. The summed E-state index contributed by atoms with van der Waals surface area (Å²) in [6.45, 7) is 0. The van der Waals surface area contributed by atoms with Crippen LogP contribution in [0, 0.1) is 0 Å². The number of carbonyl (C=O) groups is 1. The number of aromatic hydroxyl groups is 1. The second-order valence-electron chi connectivity index (χ2n) is 4.13. The molecule has 1 N–H and O–H groups in total. The van der Waals surface area contributed by atoms with Gasteiger partial charge in [0.25, 0.3) is 0 Å². The first-order chi connectivity index (χ1) is 9.60. The predicted molar refractivity (Wildman–Crippen MR) is 79.5 cm³/mol. The maximum atomic E-state index is 12.0. The fourth-order valence-electron chi connectivity index (χ4n) is 1.68. The first kappa shape index (κ1) is 14.2. The van der Waals surface area contributed by atoms with Crippen molar-refractivity contribution in [2.24, 2.45) is 0 Å². The van der Waals surface area contributed by atoms with Gasteiger partial charge in [0.1, 0.15) is 11.5 Å². The zero-order chi connectivity index (χ0) is 14.5. The van der Waals surface area contributed by atoms with Gasteiger partial charge in [-0.15, -0.1) is 0 Å². The maximum Gasteiger partial charge on any atom is 0.189 e. The van der Waals surface area contributed by atoms with Crippen LogP contribution in [0.3, 0.4) is 0 Å². The van der Waals surface area contributed by atoms with Crippen molar-refractivity contribution in [1.29, 1.82) is 0 Å². The van der Waals surface area contributed by atoms with E-state index in [0.717, 1.165) is 11.3 Å². The molecule has 0 fully saturated rings. The highest BCUT2D eigenvalue weighted by Gasteiger charge is 2.08. The highest BCUT2D eigenvalue weighted by atomic mass is 35.5. The highest BCUT2D eigenvalue weighted by Crippen LogP contribution is 2.22. The standard InChI is InChI=1S/C16H13ClO3/c1-20-13-6-2-11(3-7-13)4-8-15(18)14-10-12(17)5-9-16(14)19/h2-10,19H,1H3. The number of phenolic OH excluding ortho intramolecular Hbond substituents is 1. The van der Waals surface area contributed by atoms with Gasteiger partial charge < -0.3 is 9.84 Å². The minimum Gasteiger partial charge on any atom is -0.507 e. The van der Waals surface area contributed by atoms with Crippen LogP contribution in [0.5, 0.6) is 11.5 Å². The lowest BCUT2D eigenvalue weighted by molar-refractivity contribution is 0.104. The smallest absolute Gasteiger partial charge is 0.189 e. The quantitative estimate of drug-likeness (QED) is 0.684. The molecule has 2 rings (SSSR count). The van der Waals surface area contributed by atoms with Crippen LogP contribution >= 0.6 is 11.6 Å². The van der Waals surface area contributed by atoms with Gasteiger partial charge in [0.2, 0.25) is 0 Å². The SMILES string of the molecule is COc1ccc(C=CC(=O)c2cc(Cl)ccc2O)cc1. The Morgan fingerprint density at radius 3 is 2.55 bits per heavy atom. The second kappa shape index (κ2) is 6.26.